The maximum atomic E-state index is 5.86. The molecular weight excluding hydrogens is 388 g/mol. The van der Waals surface area contributed by atoms with Crippen LogP contribution in [0.5, 0.6) is 5.75 Å². The number of rotatable bonds is 5. The van der Waals surface area contributed by atoms with E-state index in [4.69, 9.17) is 9.47 Å². The summed E-state index contributed by atoms with van der Waals surface area (Å²) in [5.41, 5.74) is 2.37. The lowest BCUT2D eigenvalue weighted by Gasteiger charge is -2.14. The van der Waals surface area contributed by atoms with Gasteiger partial charge in [0.15, 0.2) is 0 Å². The molecule has 0 fully saturated rings. The molecule has 2 nitrogen and oxygen atoms in total. The molecule has 0 aliphatic heterocycles. The third-order valence-corrected chi connectivity index (χ3v) is 4.95. The number of fused-ring (bicyclic) bond motifs is 2. The van der Waals surface area contributed by atoms with Crippen LogP contribution in [0.15, 0.2) is 77.3 Å². The number of ether oxygens (including phenoxy) is 2. The first-order valence-electron chi connectivity index (χ1n) is 8.59. The second-order valence-electron chi connectivity index (χ2n) is 6.21. The molecule has 0 amide bonds. The molecule has 0 radical (unpaired) electrons. The summed E-state index contributed by atoms with van der Waals surface area (Å²) in [5, 5.41) is 4.96. The quantitative estimate of drug-likeness (QED) is 0.280. The van der Waals surface area contributed by atoms with Gasteiger partial charge in [-0.2, -0.15) is 0 Å². The summed E-state index contributed by atoms with van der Waals surface area (Å²) in [5.74, 6) is 0.837. The molecular formula is C23H19BrO2. The van der Waals surface area contributed by atoms with E-state index < -0.39 is 0 Å². The smallest absolute Gasteiger partial charge is 0.121 e. The minimum absolute atomic E-state index is 0.530. The summed E-state index contributed by atoms with van der Waals surface area (Å²) in [7, 11) is 1.68. The van der Waals surface area contributed by atoms with E-state index in [0.29, 0.717) is 13.2 Å². The third kappa shape index (κ3) is 3.33. The predicted molar refractivity (Wildman–Crippen MR) is 112 cm³/mol. The Morgan fingerprint density at radius 1 is 0.769 bits per heavy atom. The Bertz CT molecular complexity index is 1020. The first-order valence-corrected chi connectivity index (χ1v) is 9.39. The monoisotopic (exact) mass is 406 g/mol. The number of benzene rings is 4. The molecule has 0 aliphatic carbocycles. The molecule has 0 heterocycles. The van der Waals surface area contributed by atoms with Gasteiger partial charge in [-0.25, -0.2) is 0 Å². The Balaban J connectivity index is 1.95. The standard InChI is InChI=1S/C23H19BrO2/c1-25-10-11-26-20-14-18(13-19(24)15-20)23-21-8-4-2-6-16(21)12-17-7-3-5-9-22(17)23/h2-9,12-15H,10-11H2,1H3. The Hall–Kier alpha value is -2.36. The van der Waals surface area contributed by atoms with Gasteiger partial charge in [-0.05, 0) is 56.9 Å². The van der Waals surface area contributed by atoms with Crippen LogP contribution in [0.25, 0.3) is 32.7 Å². The van der Waals surface area contributed by atoms with Crippen LogP contribution in [0.3, 0.4) is 0 Å². The maximum absolute atomic E-state index is 5.86. The number of hydrogen-bond acceptors (Lipinski definition) is 2. The SMILES string of the molecule is COCCOc1cc(Br)cc(-c2c3ccccc3cc3ccccc23)c1. The van der Waals surface area contributed by atoms with Gasteiger partial charge >= 0.3 is 0 Å². The second kappa shape index (κ2) is 7.48. The van der Waals surface area contributed by atoms with E-state index in [1.54, 1.807) is 7.11 Å². The molecule has 0 saturated carbocycles. The minimum Gasteiger partial charge on any atom is -0.491 e. The van der Waals surface area contributed by atoms with Crippen LogP contribution in [0.4, 0.5) is 0 Å². The third-order valence-electron chi connectivity index (χ3n) is 4.49. The molecule has 0 aromatic heterocycles. The number of halogens is 1. The fourth-order valence-electron chi connectivity index (χ4n) is 3.36. The normalized spacial score (nSPS) is 11.2. The summed E-state index contributed by atoms with van der Waals surface area (Å²) in [4.78, 5) is 0. The maximum Gasteiger partial charge on any atom is 0.121 e. The topological polar surface area (TPSA) is 18.5 Å². The van der Waals surface area contributed by atoms with Crippen molar-refractivity contribution >= 4 is 37.5 Å². The Labute approximate surface area is 161 Å². The molecule has 0 N–H and O–H groups in total. The zero-order chi connectivity index (χ0) is 17.9. The minimum atomic E-state index is 0.530. The van der Waals surface area contributed by atoms with Crippen molar-refractivity contribution in [1.82, 2.24) is 0 Å². The fourth-order valence-corrected chi connectivity index (χ4v) is 3.83. The highest BCUT2D eigenvalue weighted by Gasteiger charge is 2.11. The van der Waals surface area contributed by atoms with Gasteiger partial charge in [0.2, 0.25) is 0 Å². The molecule has 0 atom stereocenters. The Morgan fingerprint density at radius 3 is 2.08 bits per heavy atom. The molecule has 130 valence electrons. The van der Waals surface area contributed by atoms with Gasteiger partial charge in [-0.1, -0.05) is 64.5 Å². The Kier molecular flexibility index (Phi) is 4.91. The van der Waals surface area contributed by atoms with Crippen molar-refractivity contribution in [2.24, 2.45) is 0 Å². The van der Waals surface area contributed by atoms with Crippen molar-refractivity contribution in [3.05, 3.63) is 77.3 Å². The van der Waals surface area contributed by atoms with E-state index in [2.05, 4.69) is 82.7 Å². The molecule has 4 aromatic carbocycles. The van der Waals surface area contributed by atoms with Gasteiger partial charge in [0, 0.05) is 11.6 Å². The van der Waals surface area contributed by atoms with Crippen molar-refractivity contribution in [3.63, 3.8) is 0 Å². The number of methoxy groups -OCH3 is 1. The van der Waals surface area contributed by atoms with Gasteiger partial charge < -0.3 is 9.47 Å². The van der Waals surface area contributed by atoms with Gasteiger partial charge in [0.1, 0.15) is 12.4 Å². The average molecular weight is 407 g/mol. The highest BCUT2D eigenvalue weighted by Crippen LogP contribution is 2.38. The zero-order valence-corrected chi connectivity index (χ0v) is 16.1. The van der Waals surface area contributed by atoms with Crippen molar-refractivity contribution in [1.29, 1.82) is 0 Å². The average Bonchev–Trinajstić information content (AvgIpc) is 2.66. The van der Waals surface area contributed by atoms with E-state index in [-0.39, 0.29) is 0 Å². The zero-order valence-electron chi connectivity index (χ0n) is 14.5. The van der Waals surface area contributed by atoms with E-state index in [9.17, 15) is 0 Å². The molecule has 4 aromatic rings. The first kappa shape index (κ1) is 17.1. The summed E-state index contributed by atoms with van der Waals surface area (Å²) >= 11 is 3.64. The van der Waals surface area contributed by atoms with Crippen LogP contribution in [0.1, 0.15) is 0 Å². The molecule has 3 heteroatoms. The lowest BCUT2D eigenvalue weighted by Crippen LogP contribution is -2.04. The molecule has 26 heavy (non-hydrogen) atoms. The number of hydrogen-bond donors (Lipinski definition) is 0. The lowest BCUT2D eigenvalue weighted by atomic mass is 9.92. The van der Waals surface area contributed by atoms with Crippen molar-refractivity contribution in [2.75, 3.05) is 20.3 Å². The molecule has 0 bridgehead atoms. The molecule has 0 saturated heterocycles. The Morgan fingerprint density at radius 2 is 1.42 bits per heavy atom. The largest absolute Gasteiger partial charge is 0.491 e. The van der Waals surface area contributed by atoms with E-state index >= 15 is 0 Å². The van der Waals surface area contributed by atoms with Crippen LogP contribution in [-0.2, 0) is 4.74 Å². The second-order valence-corrected chi connectivity index (χ2v) is 7.13. The lowest BCUT2D eigenvalue weighted by molar-refractivity contribution is 0.146. The predicted octanol–water partition coefficient (Wildman–Crippen LogP) is 6.45. The van der Waals surface area contributed by atoms with Crippen molar-refractivity contribution in [2.45, 2.75) is 0 Å². The van der Waals surface area contributed by atoms with Crippen molar-refractivity contribution < 1.29 is 9.47 Å². The van der Waals surface area contributed by atoms with E-state index in [1.165, 1.54) is 27.1 Å². The molecule has 4 rings (SSSR count). The highest BCUT2D eigenvalue weighted by atomic mass is 79.9. The van der Waals surface area contributed by atoms with Crippen LogP contribution >= 0.6 is 15.9 Å². The van der Waals surface area contributed by atoms with E-state index in [1.807, 2.05) is 6.07 Å². The molecule has 0 aliphatic rings. The summed E-state index contributed by atoms with van der Waals surface area (Å²) < 4.78 is 11.9. The highest BCUT2D eigenvalue weighted by molar-refractivity contribution is 9.10. The molecule has 0 unspecified atom stereocenters. The summed E-state index contributed by atoms with van der Waals surface area (Å²) in [6.45, 7) is 1.10. The van der Waals surface area contributed by atoms with Crippen LogP contribution in [0.2, 0.25) is 0 Å². The van der Waals surface area contributed by atoms with E-state index in [0.717, 1.165) is 15.8 Å². The van der Waals surface area contributed by atoms with Gasteiger partial charge in [-0.3, -0.25) is 0 Å². The van der Waals surface area contributed by atoms with Gasteiger partial charge in [0.05, 0.1) is 6.61 Å². The summed E-state index contributed by atoms with van der Waals surface area (Å²) in [6, 6.07) is 25.6. The van der Waals surface area contributed by atoms with Crippen LogP contribution in [-0.4, -0.2) is 20.3 Å². The van der Waals surface area contributed by atoms with Gasteiger partial charge in [0.25, 0.3) is 0 Å². The van der Waals surface area contributed by atoms with Crippen molar-refractivity contribution in [3.8, 4) is 16.9 Å². The molecule has 0 spiro atoms. The van der Waals surface area contributed by atoms with Crippen LogP contribution in [0, 0.1) is 0 Å². The summed E-state index contributed by atoms with van der Waals surface area (Å²) in [6.07, 6.45) is 0. The van der Waals surface area contributed by atoms with Crippen LogP contribution < -0.4 is 4.74 Å². The fraction of sp³-hybridized carbons (Fsp3) is 0.130. The first-order chi connectivity index (χ1) is 12.8. The van der Waals surface area contributed by atoms with Gasteiger partial charge in [-0.15, -0.1) is 0 Å².